The number of pyridine rings is 1. The molecule has 0 radical (unpaired) electrons. The van der Waals surface area contributed by atoms with Crippen LogP contribution >= 0.6 is 0 Å². The number of fused-ring (bicyclic) bond motifs is 2. The fourth-order valence-electron chi connectivity index (χ4n) is 5.09. The molecule has 0 amide bonds. The van der Waals surface area contributed by atoms with E-state index >= 15 is 4.39 Å². The monoisotopic (exact) mass is 552 g/mol. The Balaban J connectivity index is 1.58. The van der Waals surface area contributed by atoms with E-state index in [0.29, 0.717) is 38.7 Å². The summed E-state index contributed by atoms with van der Waals surface area (Å²) in [5.74, 6) is -0.388. The number of nitrogens with zero attached hydrogens (tertiary/aromatic N) is 3. The van der Waals surface area contributed by atoms with Crippen molar-refractivity contribution in [1.29, 1.82) is 0 Å². The van der Waals surface area contributed by atoms with E-state index in [0.717, 1.165) is 0 Å². The first kappa shape index (κ1) is 26.2. The third kappa shape index (κ3) is 4.59. The van der Waals surface area contributed by atoms with Gasteiger partial charge in [-0.1, -0.05) is 24.3 Å². The third-order valence-corrected chi connectivity index (χ3v) is 6.90. The van der Waals surface area contributed by atoms with Crippen molar-refractivity contribution < 1.29 is 17.9 Å². The van der Waals surface area contributed by atoms with Crippen molar-refractivity contribution in [3.63, 3.8) is 0 Å². The summed E-state index contributed by atoms with van der Waals surface area (Å²) in [6, 6.07) is 18.4. The van der Waals surface area contributed by atoms with Gasteiger partial charge in [-0.2, -0.15) is 5.10 Å². The van der Waals surface area contributed by atoms with Crippen LogP contribution in [0.15, 0.2) is 88.2 Å². The number of ether oxygens (including phenoxy) is 1. The maximum atomic E-state index is 15.0. The Morgan fingerprint density at radius 2 is 1.76 bits per heavy atom. The van der Waals surface area contributed by atoms with Crippen LogP contribution in [0.25, 0.3) is 44.3 Å². The molecule has 2 N–H and O–H groups in total. The van der Waals surface area contributed by atoms with Crippen molar-refractivity contribution in [2.24, 2.45) is 0 Å². The zero-order valence-electron chi connectivity index (χ0n) is 22.6. The molecule has 3 heterocycles. The molecule has 0 saturated heterocycles. The fourth-order valence-corrected chi connectivity index (χ4v) is 5.09. The van der Waals surface area contributed by atoms with Gasteiger partial charge in [0.05, 0.1) is 28.0 Å². The first-order valence-electron chi connectivity index (χ1n) is 13.1. The largest absolute Gasteiger partial charge is 0.488 e. The van der Waals surface area contributed by atoms with Crippen LogP contribution in [0.5, 0.6) is 5.75 Å². The molecule has 0 fully saturated rings. The van der Waals surface area contributed by atoms with Crippen molar-refractivity contribution in [3.05, 3.63) is 107 Å². The average molecular weight is 553 g/mol. The van der Waals surface area contributed by atoms with Crippen molar-refractivity contribution in [1.82, 2.24) is 14.8 Å². The first-order valence-corrected chi connectivity index (χ1v) is 13.1. The van der Waals surface area contributed by atoms with Gasteiger partial charge >= 0.3 is 0 Å². The number of rotatable bonds is 6. The minimum absolute atomic E-state index is 0.129. The summed E-state index contributed by atoms with van der Waals surface area (Å²) >= 11 is 0. The van der Waals surface area contributed by atoms with Gasteiger partial charge in [0.2, 0.25) is 5.43 Å². The molecule has 1 atom stereocenters. The zero-order chi connectivity index (χ0) is 28.8. The predicted molar refractivity (Wildman–Crippen MR) is 155 cm³/mol. The molecular weight excluding hydrogens is 526 g/mol. The Bertz CT molecular complexity index is 2000. The van der Waals surface area contributed by atoms with Gasteiger partial charge in [0, 0.05) is 11.8 Å². The van der Waals surface area contributed by atoms with E-state index in [1.807, 2.05) is 20.8 Å². The van der Waals surface area contributed by atoms with Gasteiger partial charge in [0.1, 0.15) is 34.7 Å². The third-order valence-electron chi connectivity index (χ3n) is 6.90. The maximum absolute atomic E-state index is 15.0. The summed E-state index contributed by atoms with van der Waals surface area (Å²) in [7, 11) is 0. The number of para-hydroxylation sites is 1. The van der Waals surface area contributed by atoms with Gasteiger partial charge in [-0.15, -0.1) is 0 Å². The molecule has 0 aliphatic heterocycles. The van der Waals surface area contributed by atoms with Crippen LogP contribution in [0, 0.1) is 11.6 Å². The molecule has 0 spiro atoms. The molecule has 3 aromatic heterocycles. The average Bonchev–Trinajstić information content (AvgIpc) is 3.34. The molecule has 0 aliphatic carbocycles. The van der Waals surface area contributed by atoms with Gasteiger partial charge < -0.3 is 14.9 Å². The quantitative estimate of drug-likeness (QED) is 0.236. The minimum Gasteiger partial charge on any atom is -0.488 e. The Labute approximate surface area is 233 Å². The highest BCUT2D eigenvalue weighted by Crippen LogP contribution is 2.38. The molecule has 6 rings (SSSR count). The van der Waals surface area contributed by atoms with Crippen LogP contribution in [0.1, 0.15) is 32.6 Å². The van der Waals surface area contributed by atoms with Crippen LogP contribution in [0.3, 0.4) is 0 Å². The Hall–Kier alpha value is -5.05. The highest BCUT2D eigenvalue weighted by molar-refractivity contribution is 6.00. The van der Waals surface area contributed by atoms with E-state index in [9.17, 15) is 9.18 Å². The lowest BCUT2D eigenvalue weighted by molar-refractivity contribution is 0.231. The standard InChI is InChI=1S/C32H26F2N4O3/c1-17(2)40-26-12-11-20(16-23(26)34)29-28-24(13-14-36-32(28)35)38(37-29)18(3)31-27(19-7-6-8-21(33)15-19)30(39)22-9-4-5-10-25(22)41-31/h4-18H,1-3H3,(H2,35,36)/t18-/m0/s1. The van der Waals surface area contributed by atoms with Crippen molar-refractivity contribution in [3.8, 4) is 28.1 Å². The number of hydrogen-bond donors (Lipinski definition) is 1. The zero-order valence-corrected chi connectivity index (χ0v) is 22.6. The molecule has 0 saturated carbocycles. The lowest BCUT2D eigenvalue weighted by atomic mass is 9.99. The normalized spacial score (nSPS) is 12.3. The summed E-state index contributed by atoms with van der Waals surface area (Å²) in [6.07, 6.45) is 1.36. The van der Waals surface area contributed by atoms with E-state index < -0.39 is 17.7 Å². The molecule has 0 aliphatic rings. The van der Waals surface area contributed by atoms with E-state index in [-0.39, 0.29) is 34.4 Å². The molecule has 0 unspecified atom stereocenters. The summed E-state index contributed by atoms with van der Waals surface area (Å²) in [5.41, 5.74) is 8.50. The van der Waals surface area contributed by atoms with Crippen LogP contribution in [0.2, 0.25) is 0 Å². The van der Waals surface area contributed by atoms with Gasteiger partial charge in [-0.05, 0) is 74.9 Å². The Kier molecular flexibility index (Phi) is 6.49. The highest BCUT2D eigenvalue weighted by atomic mass is 19.1. The first-order chi connectivity index (χ1) is 19.7. The van der Waals surface area contributed by atoms with Gasteiger partial charge in [-0.25, -0.2) is 13.8 Å². The number of nitrogens with two attached hydrogens (primary N) is 1. The molecule has 206 valence electrons. The highest BCUT2D eigenvalue weighted by Gasteiger charge is 2.26. The van der Waals surface area contributed by atoms with Crippen LogP contribution in [-0.4, -0.2) is 20.9 Å². The second kappa shape index (κ2) is 10.2. The van der Waals surface area contributed by atoms with Gasteiger partial charge in [0.25, 0.3) is 0 Å². The molecule has 41 heavy (non-hydrogen) atoms. The second-order valence-corrected chi connectivity index (χ2v) is 10.0. The summed E-state index contributed by atoms with van der Waals surface area (Å²) in [4.78, 5) is 18.0. The van der Waals surface area contributed by atoms with E-state index in [1.54, 1.807) is 65.5 Å². The van der Waals surface area contributed by atoms with Crippen LogP contribution in [-0.2, 0) is 0 Å². The molecule has 3 aromatic carbocycles. The molecule has 9 heteroatoms. The summed E-state index contributed by atoms with van der Waals surface area (Å²) in [5, 5.41) is 5.74. The Morgan fingerprint density at radius 3 is 2.51 bits per heavy atom. The van der Waals surface area contributed by atoms with E-state index in [4.69, 9.17) is 20.0 Å². The number of nitrogen functional groups attached to an aromatic ring is 1. The molecular formula is C32H26F2N4O3. The smallest absolute Gasteiger partial charge is 0.200 e. The number of hydrogen-bond acceptors (Lipinski definition) is 6. The van der Waals surface area contributed by atoms with Crippen molar-refractivity contribution in [2.45, 2.75) is 32.9 Å². The van der Waals surface area contributed by atoms with Crippen molar-refractivity contribution >= 4 is 27.7 Å². The lowest BCUT2D eigenvalue weighted by Crippen LogP contribution is -2.16. The Morgan fingerprint density at radius 1 is 0.951 bits per heavy atom. The lowest BCUT2D eigenvalue weighted by Gasteiger charge is -2.17. The second-order valence-electron chi connectivity index (χ2n) is 10.0. The number of anilines is 1. The van der Waals surface area contributed by atoms with Crippen LogP contribution < -0.4 is 15.9 Å². The number of halogens is 2. The van der Waals surface area contributed by atoms with Crippen molar-refractivity contribution in [2.75, 3.05) is 5.73 Å². The topological polar surface area (TPSA) is 96.2 Å². The van der Waals surface area contributed by atoms with Gasteiger partial charge in [0.15, 0.2) is 11.6 Å². The van der Waals surface area contributed by atoms with Crippen LogP contribution in [0.4, 0.5) is 14.6 Å². The number of benzene rings is 3. The maximum Gasteiger partial charge on any atom is 0.200 e. The van der Waals surface area contributed by atoms with E-state index in [1.165, 1.54) is 18.2 Å². The molecule has 0 bridgehead atoms. The predicted octanol–water partition coefficient (Wildman–Crippen LogP) is 7.13. The fraction of sp³-hybridized carbons (Fsp3) is 0.156. The molecule has 7 nitrogen and oxygen atoms in total. The van der Waals surface area contributed by atoms with Gasteiger partial charge in [-0.3, -0.25) is 9.48 Å². The summed E-state index contributed by atoms with van der Waals surface area (Å²) in [6.45, 7) is 5.46. The SMILES string of the molecule is CC(C)Oc1ccc(-c2nn([C@@H](C)c3oc4ccccc4c(=O)c3-c3cccc(F)c3)c3ccnc(N)c23)cc1F. The molecule has 6 aromatic rings. The van der Waals surface area contributed by atoms with E-state index in [2.05, 4.69) is 4.98 Å². The summed E-state index contributed by atoms with van der Waals surface area (Å²) < 4.78 is 42.9. The number of aromatic nitrogens is 3. The minimum atomic E-state index is -0.656.